The third-order valence-corrected chi connectivity index (χ3v) is 10.0. The van der Waals surface area contributed by atoms with Gasteiger partial charge in [0.05, 0.1) is 32.6 Å². The van der Waals surface area contributed by atoms with Crippen molar-refractivity contribution in [1.29, 1.82) is 0 Å². The van der Waals surface area contributed by atoms with Crippen LogP contribution in [0.2, 0.25) is 0 Å². The molecule has 254 valence electrons. The van der Waals surface area contributed by atoms with E-state index in [-0.39, 0.29) is 17.4 Å². The van der Waals surface area contributed by atoms with Gasteiger partial charge in [0.15, 0.2) is 11.5 Å². The number of anilines is 2. The van der Waals surface area contributed by atoms with Gasteiger partial charge < -0.3 is 30.2 Å². The molecule has 0 bridgehead atoms. The number of carbonyl (C=O) groups excluding carboxylic acids is 4. The lowest BCUT2D eigenvalue weighted by molar-refractivity contribution is -0.114. The molecular formula is C37H37N3O7S2. The summed E-state index contributed by atoms with van der Waals surface area (Å²) >= 11 is 2.72. The first kappa shape index (κ1) is 35.2. The van der Waals surface area contributed by atoms with Crippen LogP contribution in [0, 0.1) is 5.92 Å². The van der Waals surface area contributed by atoms with Gasteiger partial charge in [0, 0.05) is 26.6 Å². The van der Waals surface area contributed by atoms with E-state index in [9.17, 15) is 19.2 Å². The fourth-order valence-corrected chi connectivity index (χ4v) is 7.62. The molecule has 1 aliphatic carbocycles. The summed E-state index contributed by atoms with van der Waals surface area (Å²) in [7, 11) is 4.35. The molecule has 0 fully saturated rings. The van der Waals surface area contributed by atoms with Crippen LogP contribution in [-0.2, 0) is 27.2 Å². The summed E-state index contributed by atoms with van der Waals surface area (Å²) in [5.41, 5.74) is 2.76. The summed E-state index contributed by atoms with van der Waals surface area (Å²) < 4.78 is 16.0. The van der Waals surface area contributed by atoms with E-state index in [1.165, 1.54) is 50.5 Å². The highest BCUT2D eigenvalue weighted by Crippen LogP contribution is 2.40. The molecule has 4 aromatic rings. The molecule has 0 radical (unpaired) electrons. The monoisotopic (exact) mass is 699 g/mol. The molecule has 1 unspecified atom stereocenters. The number of rotatable bonds is 12. The lowest BCUT2D eigenvalue weighted by atomic mass is 9.88. The Labute approximate surface area is 293 Å². The molecule has 0 saturated heterocycles. The molecule has 10 nitrogen and oxygen atoms in total. The van der Waals surface area contributed by atoms with Crippen LogP contribution in [0.4, 0.5) is 10.7 Å². The number of thiophene rings is 1. The van der Waals surface area contributed by atoms with Gasteiger partial charge in [-0.15, -0.1) is 23.1 Å². The molecular weight excluding hydrogens is 663 g/mol. The van der Waals surface area contributed by atoms with Crippen molar-refractivity contribution in [3.8, 4) is 11.5 Å². The van der Waals surface area contributed by atoms with Crippen LogP contribution >= 0.6 is 23.1 Å². The summed E-state index contributed by atoms with van der Waals surface area (Å²) in [6, 6.07) is 20.8. The third-order valence-electron chi connectivity index (χ3n) is 7.88. The summed E-state index contributed by atoms with van der Waals surface area (Å²) in [6.45, 7) is 2.18. The summed E-state index contributed by atoms with van der Waals surface area (Å²) in [4.78, 5) is 54.3. The van der Waals surface area contributed by atoms with Gasteiger partial charge in [0.2, 0.25) is 5.91 Å². The van der Waals surface area contributed by atoms with Gasteiger partial charge in [-0.05, 0) is 73.2 Å². The number of thioether (sulfide) groups is 1. The molecule has 0 saturated carbocycles. The number of hydrogen-bond acceptors (Lipinski definition) is 9. The number of fused-ring (bicyclic) bond motifs is 1. The average Bonchev–Trinajstić information content (AvgIpc) is 3.46. The lowest BCUT2D eigenvalue weighted by Crippen LogP contribution is -2.30. The van der Waals surface area contributed by atoms with Crippen molar-refractivity contribution >= 4 is 63.6 Å². The van der Waals surface area contributed by atoms with Crippen molar-refractivity contribution in [2.24, 2.45) is 5.92 Å². The number of amides is 3. The Hall–Kier alpha value is -5.07. The molecule has 3 N–H and O–H groups in total. The molecule has 12 heteroatoms. The molecule has 1 atom stereocenters. The van der Waals surface area contributed by atoms with Gasteiger partial charge >= 0.3 is 5.97 Å². The Morgan fingerprint density at radius 3 is 2.45 bits per heavy atom. The zero-order valence-electron chi connectivity index (χ0n) is 27.6. The van der Waals surface area contributed by atoms with Crippen molar-refractivity contribution in [3.05, 3.63) is 106 Å². The van der Waals surface area contributed by atoms with Gasteiger partial charge in [-0.1, -0.05) is 43.3 Å². The molecule has 1 heterocycles. The molecule has 3 amide bonds. The number of esters is 1. The highest BCUT2D eigenvalue weighted by Gasteiger charge is 2.29. The van der Waals surface area contributed by atoms with E-state index in [2.05, 4.69) is 22.9 Å². The first-order valence-electron chi connectivity index (χ1n) is 15.6. The van der Waals surface area contributed by atoms with Gasteiger partial charge in [-0.3, -0.25) is 14.4 Å². The number of methoxy groups -OCH3 is 3. The average molecular weight is 700 g/mol. The molecule has 1 aromatic heterocycles. The van der Waals surface area contributed by atoms with Crippen LogP contribution in [0.1, 0.15) is 50.1 Å². The molecule has 0 aliphatic heterocycles. The van der Waals surface area contributed by atoms with E-state index < -0.39 is 17.8 Å². The van der Waals surface area contributed by atoms with Crippen molar-refractivity contribution in [2.75, 3.05) is 37.7 Å². The smallest absolute Gasteiger partial charge is 0.341 e. The first-order valence-corrected chi connectivity index (χ1v) is 17.4. The van der Waals surface area contributed by atoms with Crippen molar-refractivity contribution < 1.29 is 33.4 Å². The van der Waals surface area contributed by atoms with Gasteiger partial charge in [0.25, 0.3) is 11.8 Å². The van der Waals surface area contributed by atoms with E-state index >= 15 is 0 Å². The SMILES string of the molecule is COC(=O)c1c(NC(=O)CSc2cccc(NC(=O)/C(=C\c3cccc(OC)c3OC)NC(=O)c3ccccc3)c2)sc2c1CCC(C)C2. The minimum Gasteiger partial charge on any atom is -0.493 e. The van der Waals surface area contributed by atoms with Gasteiger partial charge in [-0.2, -0.15) is 0 Å². The zero-order chi connectivity index (χ0) is 34.9. The molecule has 3 aromatic carbocycles. The van der Waals surface area contributed by atoms with E-state index in [0.717, 1.165) is 34.6 Å². The Morgan fingerprint density at radius 1 is 0.939 bits per heavy atom. The van der Waals surface area contributed by atoms with E-state index in [1.807, 2.05) is 6.07 Å². The summed E-state index contributed by atoms with van der Waals surface area (Å²) in [6.07, 6.45) is 4.15. The maximum Gasteiger partial charge on any atom is 0.341 e. The van der Waals surface area contributed by atoms with Gasteiger partial charge in [0.1, 0.15) is 10.7 Å². The largest absolute Gasteiger partial charge is 0.493 e. The second-order valence-electron chi connectivity index (χ2n) is 11.3. The molecule has 49 heavy (non-hydrogen) atoms. The predicted octanol–water partition coefficient (Wildman–Crippen LogP) is 6.82. The number of nitrogens with one attached hydrogen (secondary N) is 3. The third kappa shape index (κ3) is 8.70. The maximum absolute atomic E-state index is 13.7. The van der Waals surface area contributed by atoms with Crippen LogP contribution in [0.5, 0.6) is 11.5 Å². The molecule has 1 aliphatic rings. The quantitative estimate of drug-likeness (QED) is 0.0835. The van der Waals surface area contributed by atoms with Crippen LogP contribution in [0.3, 0.4) is 0 Å². The van der Waals surface area contributed by atoms with Gasteiger partial charge in [-0.25, -0.2) is 4.79 Å². The van der Waals surface area contributed by atoms with Crippen LogP contribution < -0.4 is 25.4 Å². The number of benzene rings is 3. The predicted molar refractivity (Wildman–Crippen MR) is 193 cm³/mol. The Morgan fingerprint density at radius 2 is 1.71 bits per heavy atom. The lowest BCUT2D eigenvalue weighted by Gasteiger charge is -2.18. The molecule has 5 rings (SSSR count). The maximum atomic E-state index is 13.7. The van der Waals surface area contributed by atoms with Crippen molar-refractivity contribution in [2.45, 2.75) is 31.1 Å². The number of carbonyl (C=O) groups is 4. The summed E-state index contributed by atoms with van der Waals surface area (Å²) in [5, 5.41) is 9.02. The van der Waals surface area contributed by atoms with E-state index in [4.69, 9.17) is 14.2 Å². The fraction of sp³-hybridized carbons (Fsp3) is 0.243. The number of ether oxygens (including phenoxy) is 3. The minimum atomic E-state index is -0.569. The number of para-hydroxylation sites is 1. The topological polar surface area (TPSA) is 132 Å². The van der Waals surface area contributed by atoms with E-state index in [1.54, 1.807) is 66.7 Å². The summed E-state index contributed by atoms with van der Waals surface area (Å²) in [5.74, 6) is -0.291. The Bertz CT molecular complexity index is 1890. The van der Waals surface area contributed by atoms with Crippen molar-refractivity contribution in [3.63, 3.8) is 0 Å². The molecule has 0 spiro atoms. The van der Waals surface area contributed by atoms with Crippen LogP contribution in [0.25, 0.3) is 6.08 Å². The highest BCUT2D eigenvalue weighted by molar-refractivity contribution is 8.00. The fourth-order valence-electron chi connectivity index (χ4n) is 5.45. The first-order chi connectivity index (χ1) is 23.7. The number of hydrogen-bond donors (Lipinski definition) is 3. The minimum absolute atomic E-state index is 0.0210. The highest BCUT2D eigenvalue weighted by atomic mass is 32.2. The Balaban J connectivity index is 1.31. The van der Waals surface area contributed by atoms with Crippen molar-refractivity contribution in [1.82, 2.24) is 5.32 Å². The van der Waals surface area contributed by atoms with E-state index in [0.29, 0.717) is 44.8 Å². The second-order valence-corrected chi connectivity index (χ2v) is 13.5. The zero-order valence-corrected chi connectivity index (χ0v) is 29.2. The second kappa shape index (κ2) is 16.4. The Kier molecular flexibility index (Phi) is 11.8. The standard InChI is InChI=1S/C37H37N3O7S2/c1-22-16-17-27-30(18-22)49-36(32(27)37(44)47-4)40-31(41)21-48-26-14-9-13-25(20-26)38-35(43)28(39-34(42)23-10-6-5-7-11-23)19-24-12-8-15-29(45-2)33(24)46-3/h5-15,19-20,22H,16-18,21H2,1-4H3,(H,38,43)(H,39,42)(H,40,41)/b28-19+. The normalized spacial score (nSPS) is 13.9. The van der Waals surface area contributed by atoms with Crippen LogP contribution in [-0.4, -0.2) is 50.8 Å². The van der Waals surface area contributed by atoms with Crippen LogP contribution in [0.15, 0.2) is 83.4 Å².